The highest BCUT2D eigenvalue weighted by atomic mass is 79.9. The number of rotatable bonds is 2. The molecular weight excluding hydrogens is 278 g/mol. The van der Waals surface area contributed by atoms with Crippen LogP contribution in [0.5, 0.6) is 0 Å². The summed E-state index contributed by atoms with van der Waals surface area (Å²) in [5.74, 6) is 0. The molecule has 0 heterocycles. The predicted molar refractivity (Wildman–Crippen MR) is 73.0 cm³/mol. The van der Waals surface area contributed by atoms with Gasteiger partial charge in [-0.05, 0) is 30.3 Å². The van der Waals surface area contributed by atoms with Gasteiger partial charge in [0.1, 0.15) is 6.07 Å². The number of benzene rings is 2. The summed E-state index contributed by atoms with van der Waals surface area (Å²) in [6.45, 7) is 0. The monoisotopic (exact) mass is 287 g/mol. The van der Waals surface area contributed by atoms with Gasteiger partial charge in [-0.1, -0.05) is 28.1 Å². The number of halogens is 1. The second-order valence-electron chi connectivity index (χ2n) is 3.51. The number of nitrogens with zero attached hydrogens (tertiary/aromatic N) is 1. The molecule has 4 heteroatoms. The number of anilines is 3. The highest BCUT2D eigenvalue weighted by Gasteiger charge is 2.04. The standard InChI is InChI=1S/C13H10BrN3/c14-10-6-5-9(8-15)13(7-10)17-12-4-2-1-3-11(12)16/h1-7,17H,16H2. The molecule has 0 bridgehead atoms. The van der Waals surface area contributed by atoms with Gasteiger partial charge in [-0.15, -0.1) is 0 Å². The molecule has 0 fully saturated rings. The Morgan fingerprint density at radius 1 is 1.12 bits per heavy atom. The van der Waals surface area contributed by atoms with Crippen LogP contribution in [0.1, 0.15) is 5.56 Å². The van der Waals surface area contributed by atoms with Crippen LogP contribution in [0.2, 0.25) is 0 Å². The molecule has 17 heavy (non-hydrogen) atoms. The lowest BCUT2D eigenvalue weighted by atomic mass is 10.2. The number of nitrogens with two attached hydrogens (primary N) is 1. The molecular formula is C13H10BrN3. The molecule has 3 nitrogen and oxygen atoms in total. The molecule has 0 amide bonds. The van der Waals surface area contributed by atoms with Crippen molar-refractivity contribution >= 4 is 33.0 Å². The molecule has 0 aliphatic heterocycles. The lowest BCUT2D eigenvalue weighted by Crippen LogP contribution is -1.97. The van der Waals surface area contributed by atoms with Gasteiger partial charge in [-0.25, -0.2) is 0 Å². The maximum atomic E-state index is 9.02. The lowest BCUT2D eigenvalue weighted by Gasteiger charge is -2.10. The molecule has 0 saturated carbocycles. The molecule has 3 N–H and O–H groups in total. The van der Waals surface area contributed by atoms with Crippen molar-refractivity contribution in [1.29, 1.82) is 5.26 Å². The van der Waals surface area contributed by atoms with Crippen LogP contribution in [0.25, 0.3) is 0 Å². The minimum Gasteiger partial charge on any atom is -0.397 e. The first-order valence-electron chi connectivity index (χ1n) is 5.02. The zero-order valence-electron chi connectivity index (χ0n) is 8.94. The van der Waals surface area contributed by atoms with Gasteiger partial charge in [-0.2, -0.15) is 5.26 Å². The van der Waals surface area contributed by atoms with Crippen molar-refractivity contribution in [3.8, 4) is 6.07 Å². The Bertz CT molecular complexity index is 587. The van der Waals surface area contributed by atoms with E-state index in [0.717, 1.165) is 15.8 Å². The molecule has 2 aromatic rings. The number of hydrogen-bond donors (Lipinski definition) is 2. The summed E-state index contributed by atoms with van der Waals surface area (Å²) in [7, 11) is 0. The second kappa shape index (κ2) is 4.89. The third-order valence-electron chi connectivity index (χ3n) is 2.33. The first-order valence-corrected chi connectivity index (χ1v) is 5.81. The van der Waals surface area contributed by atoms with Crippen molar-refractivity contribution < 1.29 is 0 Å². The molecule has 0 aromatic heterocycles. The van der Waals surface area contributed by atoms with E-state index in [-0.39, 0.29) is 0 Å². The minimum absolute atomic E-state index is 0.580. The van der Waals surface area contributed by atoms with Crippen LogP contribution in [0.4, 0.5) is 17.1 Å². The third-order valence-corrected chi connectivity index (χ3v) is 2.83. The fourth-order valence-electron chi connectivity index (χ4n) is 1.47. The van der Waals surface area contributed by atoms with Crippen molar-refractivity contribution in [2.24, 2.45) is 0 Å². The lowest BCUT2D eigenvalue weighted by molar-refractivity contribution is 1.45. The van der Waals surface area contributed by atoms with E-state index in [1.54, 1.807) is 6.07 Å². The molecule has 0 atom stereocenters. The Morgan fingerprint density at radius 3 is 2.59 bits per heavy atom. The normalized spacial score (nSPS) is 9.65. The Hall–Kier alpha value is -1.99. The van der Waals surface area contributed by atoms with Crippen molar-refractivity contribution in [3.63, 3.8) is 0 Å². The van der Waals surface area contributed by atoms with Gasteiger partial charge < -0.3 is 11.1 Å². The summed E-state index contributed by atoms with van der Waals surface area (Å²) < 4.78 is 0.911. The van der Waals surface area contributed by atoms with Crippen LogP contribution < -0.4 is 11.1 Å². The average Bonchev–Trinajstić information content (AvgIpc) is 2.32. The summed E-state index contributed by atoms with van der Waals surface area (Å²) in [6.07, 6.45) is 0. The molecule has 0 spiro atoms. The van der Waals surface area contributed by atoms with Crippen LogP contribution >= 0.6 is 15.9 Å². The maximum absolute atomic E-state index is 9.02. The Balaban J connectivity index is 2.40. The van der Waals surface area contributed by atoms with Crippen LogP contribution in [0, 0.1) is 11.3 Å². The zero-order chi connectivity index (χ0) is 12.3. The smallest absolute Gasteiger partial charge is 0.101 e. The van der Waals surface area contributed by atoms with E-state index in [1.807, 2.05) is 36.4 Å². The minimum atomic E-state index is 0.580. The number of para-hydroxylation sites is 2. The largest absolute Gasteiger partial charge is 0.397 e. The quantitative estimate of drug-likeness (QED) is 0.829. The highest BCUT2D eigenvalue weighted by molar-refractivity contribution is 9.10. The van der Waals surface area contributed by atoms with Gasteiger partial charge in [0.15, 0.2) is 0 Å². The van der Waals surface area contributed by atoms with Crippen LogP contribution in [0.3, 0.4) is 0 Å². The summed E-state index contributed by atoms with van der Waals surface area (Å²) in [5, 5.41) is 12.2. The van der Waals surface area contributed by atoms with Crippen molar-refractivity contribution in [3.05, 3.63) is 52.5 Å². The van der Waals surface area contributed by atoms with Crippen molar-refractivity contribution in [2.75, 3.05) is 11.1 Å². The van der Waals surface area contributed by atoms with E-state index in [4.69, 9.17) is 11.0 Å². The molecule has 0 aliphatic rings. The Kier molecular flexibility index (Phi) is 3.31. The van der Waals surface area contributed by atoms with Gasteiger partial charge in [0.05, 0.1) is 22.6 Å². The first-order chi connectivity index (χ1) is 8.20. The molecule has 84 valence electrons. The van der Waals surface area contributed by atoms with E-state index < -0.39 is 0 Å². The molecule has 2 aromatic carbocycles. The molecule has 0 aliphatic carbocycles. The number of nitrogen functional groups attached to an aromatic ring is 1. The van der Waals surface area contributed by atoms with Gasteiger partial charge in [0.2, 0.25) is 0 Å². The average molecular weight is 288 g/mol. The number of nitriles is 1. The molecule has 0 radical (unpaired) electrons. The van der Waals surface area contributed by atoms with Crippen LogP contribution in [-0.4, -0.2) is 0 Å². The van der Waals surface area contributed by atoms with Crippen molar-refractivity contribution in [1.82, 2.24) is 0 Å². The van der Waals surface area contributed by atoms with Crippen LogP contribution in [-0.2, 0) is 0 Å². The summed E-state index contributed by atoms with van der Waals surface area (Å²) in [5.41, 5.74) is 8.60. The van der Waals surface area contributed by atoms with Gasteiger partial charge in [-0.3, -0.25) is 0 Å². The van der Waals surface area contributed by atoms with E-state index in [1.165, 1.54) is 0 Å². The Labute approximate surface area is 108 Å². The fraction of sp³-hybridized carbons (Fsp3) is 0. The molecule has 0 unspecified atom stereocenters. The van der Waals surface area contributed by atoms with Gasteiger partial charge >= 0.3 is 0 Å². The van der Waals surface area contributed by atoms with E-state index in [2.05, 4.69) is 27.3 Å². The van der Waals surface area contributed by atoms with Gasteiger partial charge in [0, 0.05) is 4.47 Å². The summed E-state index contributed by atoms with van der Waals surface area (Å²) in [4.78, 5) is 0. The van der Waals surface area contributed by atoms with E-state index in [9.17, 15) is 0 Å². The zero-order valence-corrected chi connectivity index (χ0v) is 10.5. The Morgan fingerprint density at radius 2 is 1.88 bits per heavy atom. The SMILES string of the molecule is N#Cc1ccc(Br)cc1Nc1ccccc1N. The maximum Gasteiger partial charge on any atom is 0.101 e. The van der Waals surface area contributed by atoms with E-state index in [0.29, 0.717) is 11.3 Å². The fourth-order valence-corrected chi connectivity index (χ4v) is 1.83. The molecule has 2 rings (SSSR count). The second-order valence-corrected chi connectivity index (χ2v) is 4.43. The summed E-state index contributed by atoms with van der Waals surface area (Å²) >= 11 is 3.38. The summed E-state index contributed by atoms with van der Waals surface area (Å²) in [6, 6.07) is 15.0. The molecule has 0 saturated heterocycles. The van der Waals surface area contributed by atoms with E-state index >= 15 is 0 Å². The first kappa shape index (κ1) is 11.5. The number of hydrogen-bond acceptors (Lipinski definition) is 3. The van der Waals surface area contributed by atoms with Gasteiger partial charge in [0.25, 0.3) is 0 Å². The van der Waals surface area contributed by atoms with Crippen molar-refractivity contribution in [2.45, 2.75) is 0 Å². The predicted octanol–water partition coefficient (Wildman–Crippen LogP) is 3.65. The number of nitrogens with one attached hydrogen (secondary N) is 1. The topological polar surface area (TPSA) is 61.8 Å². The third kappa shape index (κ3) is 2.58. The highest BCUT2D eigenvalue weighted by Crippen LogP contribution is 2.27. The van der Waals surface area contributed by atoms with Crippen LogP contribution in [0.15, 0.2) is 46.9 Å².